The molecule has 116 valence electrons. The van der Waals surface area contributed by atoms with E-state index in [9.17, 15) is 9.59 Å². The van der Waals surface area contributed by atoms with E-state index in [1.165, 1.54) is 7.11 Å². The van der Waals surface area contributed by atoms with Crippen LogP contribution >= 0.6 is 0 Å². The van der Waals surface area contributed by atoms with Crippen molar-refractivity contribution in [3.8, 4) is 0 Å². The molecule has 5 N–H and O–H groups in total. The number of hydrogen-bond donors (Lipinski definition) is 4. The number of methoxy groups -OCH3 is 1. The van der Waals surface area contributed by atoms with Crippen LogP contribution in [0.3, 0.4) is 0 Å². The molecule has 0 aliphatic heterocycles. The Labute approximate surface area is 119 Å². The summed E-state index contributed by atoms with van der Waals surface area (Å²) in [6.07, 6.45) is 2.48. The van der Waals surface area contributed by atoms with E-state index in [4.69, 9.17) is 15.6 Å². The van der Waals surface area contributed by atoms with Crippen molar-refractivity contribution >= 4 is 11.8 Å². The third kappa shape index (κ3) is 6.83. The first-order valence-corrected chi connectivity index (χ1v) is 6.98. The van der Waals surface area contributed by atoms with Gasteiger partial charge in [-0.1, -0.05) is 0 Å². The second-order valence-corrected chi connectivity index (χ2v) is 5.20. The summed E-state index contributed by atoms with van der Waals surface area (Å²) in [6, 6.07) is -0.135. The molecule has 0 bridgehead atoms. The highest BCUT2D eigenvalue weighted by Gasteiger charge is 2.32. The summed E-state index contributed by atoms with van der Waals surface area (Å²) in [5, 5.41) is 14.3. The van der Waals surface area contributed by atoms with Crippen LogP contribution in [-0.2, 0) is 14.3 Å². The van der Waals surface area contributed by atoms with Gasteiger partial charge in [-0.05, 0) is 18.8 Å². The zero-order chi connectivity index (χ0) is 15.0. The molecule has 0 saturated heterocycles. The van der Waals surface area contributed by atoms with E-state index in [0.717, 1.165) is 12.8 Å². The van der Waals surface area contributed by atoms with Crippen LogP contribution in [0.2, 0.25) is 0 Å². The van der Waals surface area contributed by atoms with Crippen LogP contribution in [0.15, 0.2) is 0 Å². The summed E-state index contributed by atoms with van der Waals surface area (Å²) in [5.41, 5.74) is 5.66. The number of carbonyl (C=O) groups excluding carboxylic acids is 2. The van der Waals surface area contributed by atoms with Gasteiger partial charge >= 0.3 is 0 Å². The predicted molar refractivity (Wildman–Crippen MR) is 73.8 cm³/mol. The Morgan fingerprint density at radius 3 is 2.65 bits per heavy atom. The molecule has 0 aromatic rings. The maximum atomic E-state index is 11.5. The quantitative estimate of drug-likeness (QED) is 0.401. The molecule has 1 fully saturated rings. The minimum atomic E-state index is -0.403. The Balaban J connectivity index is 2.03. The standard InChI is InChI=1S/C13H25N3O4/c1-20-8-10(7-17)16-13(19)4-5-15-12(18)3-2-9-6-11(9)14/h9-11,17H,2-8,14H2,1H3,(H,15,18)(H,16,19). The molecule has 0 aromatic heterocycles. The molecule has 1 aliphatic rings. The number of aliphatic hydroxyl groups is 1. The molecule has 7 nitrogen and oxygen atoms in total. The zero-order valence-electron chi connectivity index (χ0n) is 11.9. The van der Waals surface area contributed by atoms with Gasteiger partial charge in [-0.2, -0.15) is 0 Å². The average molecular weight is 287 g/mol. The van der Waals surface area contributed by atoms with E-state index in [-0.39, 0.29) is 37.5 Å². The topological polar surface area (TPSA) is 114 Å². The molecule has 0 spiro atoms. The highest BCUT2D eigenvalue weighted by molar-refractivity contribution is 5.79. The van der Waals surface area contributed by atoms with Crippen LogP contribution < -0.4 is 16.4 Å². The second kappa shape index (κ2) is 8.89. The molecule has 3 atom stereocenters. The highest BCUT2D eigenvalue weighted by Crippen LogP contribution is 2.32. The zero-order valence-corrected chi connectivity index (χ0v) is 11.9. The molecule has 0 heterocycles. The van der Waals surface area contributed by atoms with Crippen molar-refractivity contribution < 1.29 is 19.4 Å². The highest BCUT2D eigenvalue weighted by atomic mass is 16.5. The Kier molecular flexibility index (Phi) is 7.50. The first kappa shape index (κ1) is 16.9. The molecular formula is C13H25N3O4. The lowest BCUT2D eigenvalue weighted by Crippen LogP contribution is -2.41. The summed E-state index contributed by atoms with van der Waals surface area (Å²) >= 11 is 0. The molecule has 2 amide bonds. The minimum Gasteiger partial charge on any atom is -0.394 e. The van der Waals surface area contributed by atoms with Gasteiger partial charge in [0.2, 0.25) is 11.8 Å². The molecule has 20 heavy (non-hydrogen) atoms. The number of hydrogen-bond acceptors (Lipinski definition) is 5. The van der Waals surface area contributed by atoms with Crippen LogP contribution in [0.1, 0.15) is 25.7 Å². The smallest absolute Gasteiger partial charge is 0.222 e. The van der Waals surface area contributed by atoms with Crippen molar-refractivity contribution in [1.82, 2.24) is 10.6 Å². The number of aliphatic hydroxyl groups excluding tert-OH is 1. The number of nitrogens with one attached hydrogen (secondary N) is 2. The largest absolute Gasteiger partial charge is 0.394 e. The second-order valence-electron chi connectivity index (χ2n) is 5.20. The van der Waals surface area contributed by atoms with Crippen molar-refractivity contribution in [2.24, 2.45) is 11.7 Å². The molecule has 0 radical (unpaired) electrons. The van der Waals surface area contributed by atoms with Crippen LogP contribution in [0, 0.1) is 5.92 Å². The normalized spacial score (nSPS) is 22.1. The van der Waals surface area contributed by atoms with E-state index in [0.29, 0.717) is 18.9 Å². The summed E-state index contributed by atoms with van der Waals surface area (Å²) in [4.78, 5) is 23.0. The molecular weight excluding hydrogens is 262 g/mol. The van der Waals surface area contributed by atoms with E-state index in [1.807, 2.05) is 0 Å². The van der Waals surface area contributed by atoms with Crippen molar-refractivity contribution in [1.29, 1.82) is 0 Å². The number of carbonyl (C=O) groups is 2. The van der Waals surface area contributed by atoms with Gasteiger partial charge in [-0.3, -0.25) is 9.59 Å². The first-order chi connectivity index (χ1) is 9.56. The maximum absolute atomic E-state index is 11.5. The van der Waals surface area contributed by atoms with Gasteiger partial charge in [-0.15, -0.1) is 0 Å². The Bertz CT molecular complexity index is 325. The Hall–Kier alpha value is -1.18. The lowest BCUT2D eigenvalue weighted by molar-refractivity contribution is -0.123. The van der Waals surface area contributed by atoms with Crippen LogP contribution in [0.4, 0.5) is 0 Å². The number of ether oxygens (including phenoxy) is 1. The van der Waals surface area contributed by atoms with Crippen LogP contribution in [0.25, 0.3) is 0 Å². The monoisotopic (exact) mass is 287 g/mol. The van der Waals surface area contributed by atoms with E-state index >= 15 is 0 Å². The van der Waals surface area contributed by atoms with Gasteiger partial charge in [0.1, 0.15) is 0 Å². The van der Waals surface area contributed by atoms with Gasteiger partial charge in [0.25, 0.3) is 0 Å². The summed E-state index contributed by atoms with van der Waals surface area (Å²) in [6.45, 7) is 0.385. The third-order valence-electron chi connectivity index (χ3n) is 3.35. The van der Waals surface area contributed by atoms with E-state index in [1.54, 1.807) is 0 Å². The van der Waals surface area contributed by atoms with Crippen molar-refractivity contribution in [3.05, 3.63) is 0 Å². The molecule has 0 aromatic carbocycles. The third-order valence-corrected chi connectivity index (χ3v) is 3.35. The number of nitrogens with two attached hydrogens (primary N) is 1. The summed E-state index contributed by atoms with van der Waals surface area (Å²) in [5.74, 6) is 0.224. The number of rotatable bonds is 10. The average Bonchev–Trinajstić information content (AvgIpc) is 3.12. The van der Waals surface area contributed by atoms with E-state index in [2.05, 4.69) is 10.6 Å². The van der Waals surface area contributed by atoms with Crippen LogP contribution in [0.5, 0.6) is 0 Å². The van der Waals surface area contributed by atoms with Gasteiger partial charge in [0, 0.05) is 32.5 Å². The molecule has 1 rings (SSSR count). The van der Waals surface area contributed by atoms with Crippen molar-refractivity contribution in [2.75, 3.05) is 26.9 Å². The summed E-state index contributed by atoms with van der Waals surface area (Å²) in [7, 11) is 1.50. The first-order valence-electron chi connectivity index (χ1n) is 6.98. The lowest BCUT2D eigenvalue weighted by Gasteiger charge is -2.15. The SMILES string of the molecule is COCC(CO)NC(=O)CCNC(=O)CCC1CC1N. The Morgan fingerprint density at radius 1 is 1.40 bits per heavy atom. The van der Waals surface area contributed by atoms with Gasteiger partial charge in [-0.25, -0.2) is 0 Å². The Morgan fingerprint density at radius 2 is 2.10 bits per heavy atom. The van der Waals surface area contributed by atoms with E-state index < -0.39 is 6.04 Å². The van der Waals surface area contributed by atoms with Gasteiger partial charge < -0.3 is 26.2 Å². The van der Waals surface area contributed by atoms with Gasteiger partial charge in [0.05, 0.1) is 19.3 Å². The molecule has 1 aliphatic carbocycles. The number of amides is 2. The van der Waals surface area contributed by atoms with Crippen LogP contribution in [-0.4, -0.2) is 55.9 Å². The lowest BCUT2D eigenvalue weighted by atomic mass is 10.2. The maximum Gasteiger partial charge on any atom is 0.222 e. The predicted octanol–water partition coefficient (Wildman–Crippen LogP) is -1.26. The van der Waals surface area contributed by atoms with Gasteiger partial charge in [0.15, 0.2) is 0 Å². The summed E-state index contributed by atoms with van der Waals surface area (Å²) < 4.78 is 4.85. The molecule has 1 saturated carbocycles. The fourth-order valence-electron chi connectivity index (χ4n) is 1.96. The molecule has 3 unspecified atom stereocenters. The minimum absolute atomic E-state index is 0.0486. The van der Waals surface area contributed by atoms with Crippen molar-refractivity contribution in [2.45, 2.75) is 37.8 Å². The molecule has 7 heteroatoms. The fraction of sp³-hybridized carbons (Fsp3) is 0.846. The van der Waals surface area contributed by atoms with Crippen molar-refractivity contribution in [3.63, 3.8) is 0 Å². The fourth-order valence-corrected chi connectivity index (χ4v) is 1.96.